The fourth-order valence-electron chi connectivity index (χ4n) is 1.68. The SMILES string of the molecule is NC(=O)c1cccc(Oc2cccc(CO)c2)c1N. The van der Waals surface area contributed by atoms with E-state index in [-0.39, 0.29) is 17.9 Å². The smallest absolute Gasteiger partial charge is 0.250 e. The lowest BCUT2D eigenvalue weighted by molar-refractivity contribution is 0.100. The monoisotopic (exact) mass is 258 g/mol. The molecule has 5 heteroatoms. The number of hydrogen-bond acceptors (Lipinski definition) is 4. The molecule has 0 aliphatic carbocycles. The van der Waals surface area contributed by atoms with E-state index in [0.29, 0.717) is 11.5 Å². The van der Waals surface area contributed by atoms with Crippen LogP contribution in [0.5, 0.6) is 11.5 Å². The topological polar surface area (TPSA) is 98.6 Å². The first-order chi connectivity index (χ1) is 9.11. The van der Waals surface area contributed by atoms with Crippen LogP contribution in [0, 0.1) is 0 Å². The number of rotatable bonds is 4. The number of carbonyl (C=O) groups is 1. The quantitative estimate of drug-likeness (QED) is 0.726. The van der Waals surface area contributed by atoms with Crippen molar-refractivity contribution < 1.29 is 14.6 Å². The number of para-hydroxylation sites is 1. The van der Waals surface area contributed by atoms with Gasteiger partial charge in [-0.2, -0.15) is 0 Å². The third-order valence-corrected chi connectivity index (χ3v) is 2.64. The van der Waals surface area contributed by atoms with E-state index in [4.69, 9.17) is 21.3 Å². The van der Waals surface area contributed by atoms with Crippen molar-refractivity contribution in [1.82, 2.24) is 0 Å². The zero-order valence-electron chi connectivity index (χ0n) is 10.2. The lowest BCUT2D eigenvalue weighted by Gasteiger charge is -2.11. The van der Waals surface area contributed by atoms with Gasteiger partial charge in [-0.25, -0.2) is 0 Å². The Kier molecular flexibility index (Phi) is 3.68. The van der Waals surface area contributed by atoms with Gasteiger partial charge in [-0.3, -0.25) is 4.79 Å². The highest BCUT2D eigenvalue weighted by Crippen LogP contribution is 2.30. The Balaban J connectivity index is 2.33. The van der Waals surface area contributed by atoms with Crippen molar-refractivity contribution in [2.24, 2.45) is 5.73 Å². The lowest BCUT2D eigenvalue weighted by Crippen LogP contribution is -2.13. The number of primary amides is 1. The van der Waals surface area contributed by atoms with Gasteiger partial charge in [-0.15, -0.1) is 0 Å². The highest BCUT2D eigenvalue weighted by molar-refractivity contribution is 5.99. The zero-order chi connectivity index (χ0) is 13.8. The first kappa shape index (κ1) is 12.9. The van der Waals surface area contributed by atoms with Gasteiger partial charge in [0.15, 0.2) is 5.75 Å². The lowest BCUT2D eigenvalue weighted by atomic mass is 10.1. The summed E-state index contributed by atoms with van der Waals surface area (Å²) in [5.74, 6) is 0.276. The Bertz CT molecular complexity index is 611. The third-order valence-electron chi connectivity index (χ3n) is 2.64. The van der Waals surface area contributed by atoms with E-state index in [0.717, 1.165) is 5.56 Å². The number of anilines is 1. The number of benzene rings is 2. The summed E-state index contributed by atoms with van der Waals surface area (Å²) in [5, 5.41) is 9.06. The third kappa shape index (κ3) is 2.83. The second-order valence-electron chi connectivity index (χ2n) is 3.99. The second kappa shape index (κ2) is 5.41. The van der Waals surface area contributed by atoms with Gasteiger partial charge in [-0.05, 0) is 29.8 Å². The van der Waals surface area contributed by atoms with Crippen LogP contribution in [-0.4, -0.2) is 11.0 Å². The number of hydrogen-bond donors (Lipinski definition) is 3. The molecular weight excluding hydrogens is 244 g/mol. The molecule has 0 bridgehead atoms. The maximum atomic E-state index is 11.2. The van der Waals surface area contributed by atoms with Crippen LogP contribution in [0.15, 0.2) is 42.5 Å². The van der Waals surface area contributed by atoms with Crippen LogP contribution in [0.25, 0.3) is 0 Å². The van der Waals surface area contributed by atoms with E-state index in [1.54, 1.807) is 36.4 Å². The largest absolute Gasteiger partial charge is 0.455 e. The average Bonchev–Trinajstić information content (AvgIpc) is 2.41. The van der Waals surface area contributed by atoms with Gasteiger partial charge in [0.25, 0.3) is 5.91 Å². The minimum absolute atomic E-state index is 0.0754. The number of carbonyl (C=O) groups excluding carboxylic acids is 1. The summed E-state index contributed by atoms with van der Waals surface area (Å²) in [4.78, 5) is 11.2. The van der Waals surface area contributed by atoms with Crippen molar-refractivity contribution in [1.29, 1.82) is 0 Å². The number of aliphatic hydroxyl groups is 1. The van der Waals surface area contributed by atoms with Crippen molar-refractivity contribution in [3.63, 3.8) is 0 Å². The van der Waals surface area contributed by atoms with Gasteiger partial charge < -0.3 is 21.3 Å². The molecule has 1 amide bonds. The Labute approximate surface area is 110 Å². The molecule has 5 nitrogen and oxygen atoms in total. The summed E-state index contributed by atoms with van der Waals surface area (Å²) in [6.45, 7) is -0.0754. The fourth-order valence-corrected chi connectivity index (χ4v) is 1.68. The van der Waals surface area contributed by atoms with Crippen LogP contribution >= 0.6 is 0 Å². The molecule has 2 rings (SSSR count). The van der Waals surface area contributed by atoms with E-state index >= 15 is 0 Å². The van der Waals surface area contributed by atoms with Crippen molar-refractivity contribution in [3.8, 4) is 11.5 Å². The molecule has 98 valence electrons. The molecule has 2 aromatic rings. The summed E-state index contributed by atoms with van der Waals surface area (Å²) in [6.07, 6.45) is 0. The van der Waals surface area contributed by atoms with E-state index in [2.05, 4.69) is 0 Å². The summed E-state index contributed by atoms with van der Waals surface area (Å²) in [7, 11) is 0. The molecule has 0 fully saturated rings. The summed E-state index contributed by atoms with van der Waals surface area (Å²) in [5.41, 5.74) is 12.2. The molecule has 0 unspecified atom stereocenters. The number of ether oxygens (including phenoxy) is 1. The second-order valence-corrected chi connectivity index (χ2v) is 3.99. The average molecular weight is 258 g/mol. The van der Waals surface area contributed by atoms with Crippen LogP contribution in [0.4, 0.5) is 5.69 Å². The van der Waals surface area contributed by atoms with Gasteiger partial charge in [0, 0.05) is 0 Å². The summed E-state index contributed by atoms with van der Waals surface area (Å²) >= 11 is 0. The van der Waals surface area contributed by atoms with Gasteiger partial charge in [0.1, 0.15) is 5.75 Å². The van der Waals surface area contributed by atoms with Gasteiger partial charge in [0.2, 0.25) is 0 Å². The fraction of sp³-hybridized carbons (Fsp3) is 0.0714. The van der Waals surface area contributed by atoms with Gasteiger partial charge in [-0.1, -0.05) is 18.2 Å². The molecule has 19 heavy (non-hydrogen) atoms. The Morgan fingerprint density at radius 1 is 1.21 bits per heavy atom. The Hall–Kier alpha value is -2.53. The maximum absolute atomic E-state index is 11.2. The number of amides is 1. The van der Waals surface area contributed by atoms with Gasteiger partial charge >= 0.3 is 0 Å². The number of aliphatic hydroxyl groups excluding tert-OH is 1. The molecule has 2 aromatic carbocycles. The molecule has 0 atom stereocenters. The van der Waals surface area contributed by atoms with Crippen molar-refractivity contribution in [3.05, 3.63) is 53.6 Å². The highest BCUT2D eigenvalue weighted by atomic mass is 16.5. The summed E-state index contributed by atoms with van der Waals surface area (Å²) in [6, 6.07) is 11.8. The minimum Gasteiger partial charge on any atom is -0.455 e. The molecule has 0 saturated heterocycles. The predicted octanol–water partition coefficient (Wildman–Crippen LogP) is 1.65. The summed E-state index contributed by atoms with van der Waals surface area (Å²) < 4.78 is 5.60. The predicted molar refractivity (Wildman–Crippen MR) is 71.8 cm³/mol. The van der Waals surface area contributed by atoms with Gasteiger partial charge in [0.05, 0.1) is 17.9 Å². The van der Waals surface area contributed by atoms with E-state index in [9.17, 15) is 4.79 Å². The van der Waals surface area contributed by atoms with Crippen molar-refractivity contribution >= 4 is 11.6 Å². The van der Waals surface area contributed by atoms with E-state index < -0.39 is 5.91 Å². The maximum Gasteiger partial charge on any atom is 0.250 e. The molecule has 0 aliphatic heterocycles. The van der Waals surface area contributed by atoms with Crippen molar-refractivity contribution in [2.45, 2.75) is 6.61 Å². The van der Waals surface area contributed by atoms with E-state index in [1.807, 2.05) is 0 Å². The van der Waals surface area contributed by atoms with Crippen LogP contribution in [0.2, 0.25) is 0 Å². The molecule has 0 spiro atoms. The normalized spacial score (nSPS) is 10.2. The first-order valence-electron chi connectivity index (χ1n) is 5.67. The number of nitrogen functional groups attached to an aromatic ring is 1. The molecule has 5 N–H and O–H groups in total. The standard InChI is InChI=1S/C14H14N2O3/c15-13-11(14(16)18)5-2-6-12(13)19-10-4-1-3-9(7-10)8-17/h1-7,17H,8,15H2,(H2,16,18). The molecule has 0 aliphatic rings. The Morgan fingerprint density at radius 3 is 2.63 bits per heavy atom. The highest BCUT2D eigenvalue weighted by Gasteiger charge is 2.11. The molecule has 0 heterocycles. The van der Waals surface area contributed by atoms with Crippen molar-refractivity contribution in [2.75, 3.05) is 5.73 Å². The minimum atomic E-state index is -0.605. The molecule has 0 radical (unpaired) electrons. The van der Waals surface area contributed by atoms with E-state index in [1.165, 1.54) is 6.07 Å². The van der Waals surface area contributed by atoms with Crippen LogP contribution in [0.1, 0.15) is 15.9 Å². The Morgan fingerprint density at radius 2 is 1.95 bits per heavy atom. The molecule has 0 saturated carbocycles. The molecular formula is C14H14N2O3. The van der Waals surface area contributed by atoms with Crippen LogP contribution in [0.3, 0.4) is 0 Å². The first-order valence-corrected chi connectivity index (χ1v) is 5.67. The zero-order valence-corrected chi connectivity index (χ0v) is 10.2. The van der Waals surface area contributed by atoms with Crippen LogP contribution in [-0.2, 0) is 6.61 Å². The van der Waals surface area contributed by atoms with Crippen LogP contribution < -0.4 is 16.2 Å². The number of nitrogens with two attached hydrogens (primary N) is 2. The molecule has 0 aromatic heterocycles.